The highest BCUT2D eigenvalue weighted by molar-refractivity contribution is 9.09. The van der Waals surface area contributed by atoms with Crippen LogP contribution in [0.5, 0.6) is 5.75 Å². The lowest BCUT2D eigenvalue weighted by molar-refractivity contribution is -0.384. The summed E-state index contributed by atoms with van der Waals surface area (Å²) in [6.07, 6.45) is 0.894. The van der Waals surface area contributed by atoms with Crippen molar-refractivity contribution in [2.24, 2.45) is 0 Å². The lowest BCUT2D eigenvalue weighted by Crippen LogP contribution is -2.37. The molecule has 0 aromatic heterocycles. The third-order valence-electron chi connectivity index (χ3n) is 4.85. The Labute approximate surface area is 160 Å². The van der Waals surface area contributed by atoms with Crippen molar-refractivity contribution in [3.05, 3.63) is 63.7 Å². The van der Waals surface area contributed by atoms with Gasteiger partial charge in [0.15, 0.2) is 0 Å². The maximum absolute atomic E-state index is 13.1. The zero-order chi connectivity index (χ0) is 18.8. The highest BCUT2D eigenvalue weighted by Crippen LogP contribution is 2.45. The summed E-state index contributed by atoms with van der Waals surface area (Å²) in [6.45, 7) is 2.03. The van der Waals surface area contributed by atoms with E-state index < -0.39 is 4.92 Å². The van der Waals surface area contributed by atoms with E-state index in [9.17, 15) is 14.9 Å². The van der Waals surface area contributed by atoms with Crippen LogP contribution in [0.3, 0.4) is 0 Å². The van der Waals surface area contributed by atoms with E-state index in [1.165, 1.54) is 24.3 Å². The molecule has 0 bridgehead atoms. The van der Waals surface area contributed by atoms with Crippen LogP contribution in [0.1, 0.15) is 35.2 Å². The summed E-state index contributed by atoms with van der Waals surface area (Å²) < 4.78 is 5.34. The number of hydrogen-bond acceptors (Lipinski definition) is 4. The second kappa shape index (κ2) is 7.45. The average molecular weight is 419 g/mol. The number of nitro groups is 1. The van der Waals surface area contributed by atoms with Crippen LogP contribution in [0.15, 0.2) is 42.5 Å². The number of rotatable bonds is 5. The monoisotopic (exact) mass is 418 g/mol. The molecule has 1 amide bonds. The van der Waals surface area contributed by atoms with E-state index in [0.29, 0.717) is 5.56 Å². The smallest absolute Gasteiger partial charge is 0.269 e. The van der Waals surface area contributed by atoms with E-state index in [4.69, 9.17) is 4.74 Å². The van der Waals surface area contributed by atoms with Gasteiger partial charge in [-0.15, -0.1) is 0 Å². The molecule has 2 atom stereocenters. The van der Waals surface area contributed by atoms with Gasteiger partial charge in [0.25, 0.3) is 11.6 Å². The number of nitro benzene ring substituents is 1. The number of carbonyl (C=O) groups is 1. The van der Waals surface area contributed by atoms with Crippen molar-refractivity contribution in [2.45, 2.75) is 25.3 Å². The molecule has 3 rings (SSSR count). The number of anilines is 1. The molecular formula is C19H19BrN2O4. The number of nitrogens with zero attached hydrogens (tertiary/aromatic N) is 2. The van der Waals surface area contributed by atoms with E-state index in [1.807, 2.05) is 25.1 Å². The number of fused-ring (bicyclic) bond motifs is 1. The Morgan fingerprint density at radius 1 is 1.27 bits per heavy atom. The quantitative estimate of drug-likeness (QED) is 0.406. The first kappa shape index (κ1) is 18.4. The SMILES string of the molecule is COc1ccc2c(c1)C(CCBr)C(C)N2C(=O)c1ccc([N+](=O)[O-])cc1. The fourth-order valence-corrected chi connectivity index (χ4v) is 4.00. The number of ether oxygens (including phenoxy) is 1. The summed E-state index contributed by atoms with van der Waals surface area (Å²) in [5.74, 6) is 0.803. The Morgan fingerprint density at radius 3 is 2.54 bits per heavy atom. The van der Waals surface area contributed by atoms with Crippen LogP contribution in [0.25, 0.3) is 0 Å². The van der Waals surface area contributed by atoms with E-state index in [2.05, 4.69) is 15.9 Å². The van der Waals surface area contributed by atoms with Crippen LogP contribution >= 0.6 is 15.9 Å². The van der Waals surface area contributed by atoms with Gasteiger partial charge in [-0.05, 0) is 49.2 Å². The number of carbonyl (C=O) groups excluding carboxylic acids is 1. The molecule has 0 saturated carbocycles. The third-order valence-corrected chi connectivity index (χ3v) is 5.31. The van der Waals surface area contributed by atoms with Crippen LogP contribution in [0.4, 0.5) is 11.4 Å². The minimum atomic E-state index is -0.472. The van der Waals surface area contributed by atoms with Crippen LogP contribution < -0.4 is 9.64 Å². The molecule has 26 heavy (non-hydrogen) atoms. The lowest BCUT2D eigenvalue weighted by Gasteiger charge is -2.25. The van der Waals surface area contributed by atoms with Crippen LogP contribution in [-0.4, -0.2) is 29.3 Å². The minimum Gasteiger partial charge on any atom is -0.497 e. The molecule has 0 radical (unpaired) electrons. The van der Waals surface area contributed by atoms with Crippen molar-refractivity contribution in [2.75, 3.05) is 17.3 Å². The number of alkyl halides is 1. The predicted octanol–water partition coefficient (Wildman–Crippen LogP) is 4.52. The molecule has 2 aromatic carbocycles. The Hall–Kier alpha value is -2.41. The van der Waals surface area contributed by atoms with Crippen LogP contribution in [0, 0.1) is 10.1 Å². The maximum atomic E-state index is 13.1. The Bertz CT molecular complexity index is 838. The summed E-state index contributed by atoms with van der Waals surface area (Å²) in [5, 5.41) is 11.7. The lowest BCUT2D eigenvalue weighted by atomic mass is 9.93. The first-order valence-electron chi connectivity index (χ1n) is 8.29. The first-order chi connectivity index (χ1) is 12.5. The summed E-state index contributed by atoms with van der Waals surface area (Å²) in [6, 6.07) is 11.5. The molecule has 136 valence electrons. The van der Waals surface area contributed by atoms with Gasteiger partial charge in [-0.2, -0.15) is 0 Å². The van der Waals surface area contributed by atoms with Gasteiger partial charge < -0.3 is 9.64 Å². The molecule has 1 heterocycles. The summed E-state index contributed by atoms with van der Waals surface area (Å²) in [4.78, 5) is 25.3. The normalized spacial score (nSPS) is 18.5. The van der Waals surface area contributed by atoms with E-state index in [0.717, 1.165) is 28.8 Å². The molecule has 1 aliphatic rings. The van der Waals surface area contributed by atoms with Crippen molar-refractivity contribution in [1.82, 2.24) is 0 Å². The van der Waals surface area contributed by atoms with Gasteiger partial charge >= 0.3 is 0 Å². The Balaban J connectivity index is 1.99. The van der Waals surface area contributed by atoms with E-state index in [1.54, 1.807) is 12.0 Å². The van der Waals surface area contributed by atoms with Gasteiger partial charge in [0.2, 0.25) is 0 Å². The molecule has 0 saturated heterocycles. The molecule has 0 spiro atoms. The summed E-state index contributed by atoms with van der Waals surface area (Å²) in [7, 11) is 1.62. The second-order valence-electron chi connectivity index (χ2n) is 6.23. The van der Waals surface area contributed by atoms with Gasteiger partial charge in [-0.1, -0.05) is 15.9 Å². The van der Waals surface area contributed by atoms with Gasteiger partial charge in [-0.25, -0.2) is 0 Å². The molecule has 1 aliphatic heterocycles. The number of non-ortho nitro benzene ring substituents is 1. The molecule has 0 fully saturated rings. The fourth-order valence-electron chi connectivity index (χ4n) is 3.51. The second-order valence-corrected chi connectivity index (χ2v) is 7.02. The summed E-state index contributed by atoms with van der Waals surface area (Å²) >= 11 is 3.50. The molecule has 7 heteroatoms. The number of benzene rings is 2. The van der Waals surface area contributed by atoms with Gasteiger partial charge in [0.1, 0.15) is 5.75 Å². The summed E-state index contributed by atoms with van der Waals surface area (Å²) in [5.41, 5.74) is 2.36. The van der Waals surface area contributed by atoms with E-state index in [-0.39, 0.29) is 23.6 Å². The van der Waals surface area contributed by atoms with Crippen LogP contribution in [-0.2, 0) is 0 Å². The van der Waals surface area contributed by atoms with Gasteiger partial charge in [0, 0.05) is 40.7 Å². The van der Waals surface area contributed by atoms with Crippen LogP contribution in [0.2, 0.25) is 0 Å². The number of methoxy groups -OCH3 is 1. The molecule has 2 aromatic rings. The highest BCUT2D eigenvalue weighted by Gasteiger charge is 2.39. The Kier molecular flexibility index (Phi) is 5.27. The Morgan fingerprint density at radius 2 is 1.96 bits per heavy atom. The number of hydrogen-bond donors (Lipinski definition) is 0. The molecule has 0 N–H and O–H groups in total. The van der Waals surface area contributed by atoms with Gasteiger partial charge in [-0.3, -0.25) is 14.9 Å². The predicted molar refractivity (Wildman–Crippen MR) is 104 cm³/mol. The largest absolute Gasteiger partial charge is 0.497 e. The van der Waals surface area contributed by atoms with Gasteiger partial charge in [0.05, 0.1) is 12.0 Å². The molecule has 0 aliphatic carbocycles. The topological polar surface area (TPSA) is 72.7 Å². The highest BCUT2D eigenvalue weighted by atomic mass is 79.9. The van der Waals surface area contributed by atoms with Crippen molar-refractivity contribution >= 4 is 33.2 Å². The third kappa shape index (κ3) is 3.19. The van der Waals surface area contributed by atoms with Crippen molar-refractivity contribution in [1.29, 1.82) is 0 Å². The zero-order valence-corrected chi connectivity index (χ0v) is 16.1. The minimum absolute atomic E-state index is 0.0163. The first-order valence-corrected chi connectivity index (χ1v) is 9.42. The fraction of sp³-hybridized carbons (Fsp3) is 0.316. The standard InChI is InChI=1S/C19H19BrN2O4/c1-12-16(9-10-20)17-11-15(26-2)7-8-18(17)21(12)19(23)13-3-5-14(6-4-13)22(24)25/h3-8,11-12,16H,9-10H2,1-2H3. The van der Waals surface area contributed by atoms with E-state index >= 15 is 0 Å². The van der Waals surface area contributed by atoms with Crippen molar-refractivity contribution < 1.29 is 14.5 Å². The molecular weight excluding hydrogens is 400 g/mol. The zero-order valence-electron chi connectivity index (χ0n) is 14.5. The number of amides is 1. The number of halogens is 1. The van der Waals surface area contributed by atoms with Crippen molar-refractivity contribution in [3.63, 3.8) is 0 Å². The maximum Gasteiger partial charge on any atom is 0.269 e. The average Bonchev–Trinajstić information content (AvgIpc) is 2.92. The molecule has 6 nitrogen and oxygen atoms in total. The van der Waals surface area contributed by atoms with Crippen molar-refractivity contribution in [3.8, 4) is 5.75 Å². The molecule has 2 unspecified atom stereocenters.